The fraction of sp³-hybridized carbons (Fsp3) is 0.174. The number of halogens is 2. The molecule has 0 N–H and O–H groups in total. The van der Waals surface area contributed by atoms with Crippen molar-refractivity contribution in [3.63, 3.8) is 0 Å². The number of carbonyl (C=O) groups excluding carboxylic acids is 1. The molecule has 0 atom stereocenters. The molecule has 0 bridgehead atoms. The van der Waals surface area contributed by atoms with Crippen LogP contribution in [-0.2, 0) is 27.9 Å². The first-order valence-corrected chi connectivity index (χ1v) is 12.1. The van der Waals surface area contributed by atoms with E-state index in [0.29, 0.717) is 11.6 Å². The molecule has 0 fully saturated rings. The monoisotopic (exact) mass is 520 g/mol. The summed E-state index contributed by atoms with van der Waals surface area (Å²) in [5, 5.41) is 0.442. The van der Waals surface area contributed by atoms with E-state index in [4.69, 9.17) is 11.6 Å². The first kappa shape index (κ1) is 23.5. The molecule has 8 heteroatoms. The third-order valence-corrected chi connectivity index (χ3v) is 7.31. The minimum absolute atomic E-state index is 0.0726. The summed E-state index contributed by atoms with van der Waals surface area (Å²) in [6, 6.07) is 22.8. The largest absolute Gasteiger partial charge is 0.340 e. The topological polar surface area (TPSA) is 57.7 Å². The molecule has 0 spiro atoms. The molecule has 162 valence electrons. The maximum atomic E-state index is 13.3. The van der Waals surface area contributed by atoms with Gasteiger partial charge >= 0.3 is 0 Å². The number of carbonyl (C=O) groups is 1. The van der Waals surface area contributed by atoms with Gasteiger partial charge in [-0.05, 0) is 47.5 Å². The van der Waals surface area contributed by atoms with Crippen molar-refractivity contribution in [3.8, 4) is 0 Å². The zero-order chi connectivity index (χ0) is 22.4. The maximum Gasteiger partial charge on any atom is 0.243 e. The standard InChI is InChI=1S/C23H22BrClN2O3S/c1-26(15-18-5-3-2-4-6-18)23(28)17-27(16-19-7-9-20(24)10-8-19)31(29,30)22-13-11-21(25)12-14-22/h2-14H,15-17H2,1H3. The normalized spacial score (nSPS) is 11.5. The van der Waals surface area contributed by atoms with Crippen molar-refractivity contribution in [2.24, 2.45) is 0 Å². The van der Waals surface area contributed by atoms with Crippen molar-refractivity contribution in [1.29, 1.82) is 0 Å². The van der Waals surface area contributed by atoms with Crippen molar-refractivity contribution in [1.82, 2.24) is 9.21 Å². The molecular weight excluding hydrogens is 500 g/mol. The molecule has 3 rings (SSSR count). The summed E-state index contributed by atoms with van der Waals surface area (Å²) < 4.78 is 28.8. The summed E-state index contributed by atoms with van der Waals surface area (Å²) in [5.41, 5.74) is 1.75. The lowest BCUT2D eigenvalue weighted by Crippen LogP contribution is -2.40. The lowest BCUT2D eigenvalue weighted by molar-refractivity contribution is -0.130. The van der Waals surface area contributed by atoms with Crippen molar-refractivity contribution in [2.75, 3.05) is 13.6 Å². The van der Waals surface area contributed by atoms with E-state index in [-0.39, 0.29) is 23.9 Å². The molecule has 0 aliphatic carbocycles. The van der Waals surface area contributed by atoms with Gasteiger partial charge in [-0.3, -0.25) is 4.79 Å². The fourth-order valence-electron chi connectivity index (χ4n) is 2.99. The summed E-state index contributed by atoms with van der Waals surface area (Å²) in [4.78, 5) is 14.5. The van der Waals surface area contributed by atoms with E-state index >= 15 is 0 Å². The van der Waals surface area contributed by atoms with Crippen LogP contribution in [0.5, 0.6) is 0 Å². The van der Waals surface area contributed by atoms with Crippen LogP contribution in [0.3, 0.4) is 0 Å². The summed E-state index contributed by atoms with van der Waals surface area (Å²) in [5.74, 6) is -0.293. The van der Waals surface area contributed by atoms with Crippen LogP contribution < -0.4 is 0 Å². The minimum Gasteiger partial charge on any atom is -0.340 e. The van der Waals surface area contributed by atoms with E-state index in [1.807, 2.05) is 54.6 Å². The molecule has 0 heterocycles. The first-order chi connectivity index (χ1) is 14.8. The smallest absolute Gasteiger partial charge is 0.243 e. The van der Waals surface area contributed by atoms with E-state index in [0.717, 1.165) is 15.6 Å². The molecular formula is C23H22BrClN2O3S. The number of sulfonamides is 1. The summed E-state index contributed by atoms with van der Waals surface area (Å²) in [6.07, 6.45) is 0. The van der Waals surface area contributed by atoms with Crippen molar-refractivity contribution < 1.29 is 13.2 Å². The van der Waals surface area contributed by atoms with Gasteiger partial charge in [0.1, 0.15) is 0 Å². The summed E-state index contributed by atoms with van der Waals surface area (Å²) in [6.45, 7) is 0.195. The van der Waals surface area contributed by atoms with Crippen LogP contribution in [0.25, 0.3) is 0 Å². The van der Waals surface area contributed by atoms with Crippen molar-refractivity contribution in [2.45, 2.75) is 18.0 Å². The Balaban J connectivity index is 1.85. The van der Waals surface area contributed by atoms with E-state index in [1.165, 1.54) is 33.5 Å². The molecule has 0 saturated heterocycles. The Hall–Kier alpha value is -2.19. The zero-order valence-electron chi connectivity index (χ0n) is 16.9. The van der Waals surface area contributed by atoms with E-state index < -0.39 is 10.0 Å². The second-order valence-electron chi connectivity index (χ2n) is 7.09. The number of benzene rings is 3. The molecule has 3 aromatic carbocycles. The van der Waals surface area contributed by atoms with Crippen molar-refractivity contribution in [3.05, 3.63) is 99.5 Å². The highest BCUT2D eigenvalue weighted by Crippen LogP contribution is 2.22. The van der Waals surface area contributed by atoms with Crippen LogP contribution in [0.15, 0.2) is 88.2 Å². The number of likely N-dealkylation sites (N-methyl/N-ethyl adjacent to an activating group) is 1. The van der Waals surface area contributed by atoms with Crippen LogP contribution in [0, 0.1) is 0 Å². The average Bonchev–Trinajstić information content (AvgIpc) is 2.75. The Morgan fingerprint density at radius 2 is 1.45 bits per heavy atom. The Bertz CT molecular complexity index is 1120. The predicted molar refractivity (Wildman–Crippen MR) is 126 cm³/mol. The van der Waals surface area contributed by atoms with Crippen molar-refractivity contribution >= 4 is 43.5 Å². The minimum atomic E-state index is -3.91. The quantitative estimate of drug-likeness (QED) is 0.421. The zero-order valence-corrected chi connectivity index (χ0v) is 20.1. The number of hydrogen-bond donors (Lipinski definition) is 0. The van der Waals surface area contributed by atoms with Gasteiger partial charge in [0.25, 0.3) is 0 Å². The Morgan fingerprint density at radius 3 is 2.06 bits per heavy atom. The number of nitrogens with zero attached hydrogens (tertiary/aromatic N) is 2. The van der Waals surface area contributed by atoms with Gasteiger partial charge in [0, 0.05) is 29.6 Å². The van der Waals surface area contributed by atoms with Gasteiger partial charge in [-0.15, -0.1) is 0 Å². The molecule has 31 heavy (non-hydrogen) atoms. The molecule has 0 radical (unpaired) electrons. The van der Waals surface area contributed by atoms with E-state index in [9.17, 15) is 13.2 Å². The maximum absolute atomic E-state index is 13.3. The molecule has 0 saturated carbocycles. The summed E-state index contributed by atoms with van der Waals surface area (Å²) in [7, 11) is -2.24. The highest BCUT2D eigenvalue weighted by atomic mass is 79.9. The van der Waals surface area contributed by atoms with Gasteiger partial charge in [-0.25, -0.2) is 8.42 Å². The highest BCUT2D eigenvalue weighted by Gasteiger charge is 2.28. The lowest BCUT2D eigenvalue weighted by atomic mass is 10.2. The Kier molecular flexibility index (Phi) is 7.89. The second-order valence-corrected chi connectivity index (χ2v) is 10.4. The van der Waals surface area contributed by atoms with Crippen LogP contribution in [0.1, 0.15) is 11.1 Å². The van der Waals surface area contributed by atoms with Gasteiger partial charge in [0.05, 0.1) is 11.4 Å². The highest BCUT2D eigenvalue weighted by molar-refractivity contribution is 9.10. The molecule has 1 amide bonds. The molecule has 0 aliphatic heterocycles. The Labute approximate surface area is 196 Å². The van der Waals surface area contributed by atoms with E-state index in [1.54, 1.807) is 7.05 Å². The number of rotatable bonds is 8. The average molecular weight is 522 g/mol. The second kappa shape index (κ2) is 10.4. The SMILES string of the molecule is CN(Cc1ccccc1)C(=O)CN(Cc1ccc(Br)cc1)S(=O)(=O)c1ccc(Cl)cc1. The van der Waals surface area contributed by atoms with Gasteiger partial charge in [-0.2, -0.15) is 4.31 Å². The number of hydrogen-bond acceptors (Lipinski definition) is 3. The van der Waals surface area contributed by atoms with Crippen LogP contribution >= 0.6 is 27.5 Å². The summed E-state index contributed by atoms with van der Waals surface area (Å²) >= 11 is 9.30. The van der Waals surface area contributed by atoms with Gasteiger partial charge in [0.2, 0.25) is 15.9 Å². The van der Waals surface area contributed by atoms with Gasteiger partial charge < -0.3 is 4.90 Å². The third-order valence-electron chi connectivity index (χ3n) is 4.72. The van der Waals surface area contributed by atoms with Crippen LogP contribution in [-0.4, -0.2) is 37.1 Å². The first-order valence-electron chi connectivity index (χ1n) is 9.54. The fourth-order valence-corrected chi connectivity index (χ4v) is 4.76. The molecule has 5 nitrogen and oxygen atoms in total. The molecule has 3 aromatic rings. The number of amides is 1. The van der Waals surface area contributed by atoms with Crippen LogP contribution in [0.4, 0.5) is 0 Å². The lowest BCUT2D eigenvalue weighted by Gasteiger charge is -2.25. The molecule has 0 unspecified atom stereocenters. The van der Waals surface area contributed by atoms with Gasteiger partial charge in [0.15, 0.2) is 0 Å². The van der Waals surface area contributed by atoms with Gasteiger partial charge in [-0.1, -0.05) is 70.0 Å². The third kappa shape index (κ3) is 6.40. The molecule has 0 aliphatic rings. The molecule has 0 aromatic heterocycles. The van der Waals surface area contributed by atoms with Crippen LogP contribution in [0.2, 0.25) is 5.02 Å². The van der Waals surface area contributed by atoms with E-state index in [2.05, 4.69) is 15.9 Å². The Morgan fingerprint density at radius 1 is 0.871 bits per heavy atom. The predicted octanol–water partition coefficient (Wildman–Crippen LogP) is 4.95.